The van der Waals surface area contributed by atoms with E-state index in [0.29, 0.717) is 28.9 Å². The molecule has 184 valence electrons. The van der Waals surface area contributed by atoms with E-state index >= 15 is 0 Å². The summed E-state index contributed by atoms with van der Waals surface area (Å²) in [5.74, 6) is -1.82. The van der Waals surface area contributed by atoms with Crippen LogP contribution in [0, 0.1) is 26.7 Å². The van der Waals surface area contributed by atoms with Crippen molar-refractivity contribution in [3.05, 3.63) is 28.8 Å². The summed E-state index contributed by atoms with van der Waals surface area (Å²) >= 11 is 0. The second-order valence-corrected chi connectivity index (χ2v) is 11.6. The number of hydrogen-bond donors (Lipinski definition) is 2. The average molecular weight is 482 g/mol. The van der Waals surface area contributed by atoms with Crippen molar-refractivity contribution in [2.75, 3.05) is 13.1 Å². The summed E-state index contributed by atoms with van der Waals surface area (Å²) in [6.07, 6.45) is -0.565. The van der Waals surface area contributed by atoms with E-state index in [0.717, 1.165) is 5.56 Å². The number of sulfonamides is 1. The highest BCUT2D eigenvalue weighted by molar-refractivity contribution is 7.89. The highest BCUT2D eigenvalue weighted by Crippen LogP contribution is 2.29. The van der Waals surface area contributed by atoms with Gasteiger partial charge in [0.1, 0.15) is 0 Å². The lowest BCUT2D eigenvalue weighted by atomic mass is 9.98. The molecule has 10 heteroatoms. The molecule has 1 fully saturated rings. The van der Waals surface area contributed by atoms with Gasteiger partial charge < -0.3 is 10.1 Å². The lowest BCUT2D eigenvalue weighted by Gasteiger charge is -2.31. The van der Waals surface area contributed by atoms with Crippen LogP contribution in [0.5, 0.6) is 0 Å². The number of carbonyl (C=O) groups excluding carboxylic acids is 3. The molecule has 1 aliphatic rings. The molecule has 2 N–H and O–H groups in total. The topological polar surface area (TPSA) is 122 Å². The summed E-state index contributed by atoms with van der Waals surface area (Å²) in [5.41, 5.74) is 1.88. The Hall–Kier alpha value is -2.46. The Balaban J connectivity index is 1.94. The summed E-state index contributed by atoms with van der Waals surface area (Å²) in [5, 5.41) is 4.74. The van der Waals surface area contributed by atoms with Crippen molar-refractivity contribution < 1.29 is 27.5 Å². The first-order valence-corrected chi connectivity index (χ1v) is 12.5. The summed E-state index contributed by atoms with van der Waals surface area (Å²) in [7, 11) is -3.68. The molecule has 1 atom stereocenters. The number of nitrogens with one attached hydrogen (secondary N) is 2. The van der Waals surface area contributed by atoms with Crippen LogP contribution in [0.4, 0.5) is 4.79 Å². The summed E-state index contributed by atoms with van der Waals surface area (Å²) in [6.45, 7) is 12.6. The Labute approximate surface area is 196 Å². The zero-order valence-electron chi connectivity index (χ0n) is 20.4. The molecule has 1 aliphatic heterocycles. The zero-order chi connectivity index (χ0) is 25.1. The maximum atomic E-state index is 13.2. The van der Waals surface area contributed by atoms with Crippen LogP contribution in [0.3, 0.4) is 0 Å². The van der Waals surface area contributed by atoms with Crippen LogP contribution >= 0.6 is 0 Å². The molecule has 0 aliphatic carbocycles. The molecule has 0 spiro atoms. The molecule has 0 radical (unpaired) electrons. The number of benzene rings is 1. The summed E-state index contributed by atoms with van der Waals surface area (Å²) in [6, 6.07) is 3.02. The van der Waals surface area contributed by atoms with Crippen molar-refractivity contribution in [1.82, 2.24) is 14.9 Å². The molecule has 9 nitrogen and oxygen atoms in total. The van der Waals surface area contributed by atoms with Crippen LogP contribution in [0.1, 0.15) is 57.2 Å². The molecule has 1 unspecified atom stereocenters. The van der Waals surface area contributed by atoms with E-state index in [1.54, 1.807) is 34.6 Å². The second kappa shape index (κ2) is 10.2. The smallest absolute Gasteiger partial charge is 0.321 e. The molecule has 0 aromatic heterocycles. The monoisotopic (exact) mass is 481 g/mol. The van der Waals surface area contributed by atoms with Crippen LogP contribution in [0.2, 0.25) is 0 Å². The van der Waals surface area contributed by atoms with Gasteiger partial charge >= 0.3 is 12.0 Å². The maximum absolute atomic E-state index is 13.2. The predicted octanol–water partition coefficient (Wildman–Crippen LogP) is 2.57. The van der Waals surface area contributed by atoms with Crippen LogP contribution in [-0.4, -0.2) is 55.4 Å². The molecular weight excluding hydrogens is 446 g/mol. The van der Waals surface area contributed by atoms with Crippen molar-refractivity contribution in [2.45, 2.75) is 77.8 Å². The largest absolute Gasteiger partial charge is 0.452 e. The summed E-state index contributed by atoms with van der Waals surface area (Å²) in [4.78, 5) is 36.8. The lowest BCUT2D eigenvalue weighted by Crippen LogP contribution is -2.51. The third-order valence-corrected chi connectivity index (χ3v) is 7.58. The van der Waals surface area contributed by atoms with Gasteiger partial charge in [-0.15, -0.1) is 0 Å². The van der Waals surface area contributed by atoms with Gasteiger partial charge in [0.2, 0.25) is 10.0 Å². The quantitative estimate of drug-likeness (QED) is 0.624. The molecule has 0 bridgehead atoms. The van der Waals surface area contributed by atoms with Gasteiger partial charge in [0.25, 0.3) is 5.91 Å². The molecule has 1 aromatic carbocycles. The number of urea groups is 1. The fourth-order valence-electron chi connectivity index (χ4n) is 3.94. The first-order valence-electron chi connectivity index (χ1n) is 11.0. The predicted molar refractivity (Wildman–Crippen MR) is 124 cm³/mol. The van der Waals surface area contributed by atoms with Gasteiger partial charge in [-0.05, 0) is 72.4 Å². The van der Waals surface area contributed by atoms with E-state index in [2.05, 4.69) is 10.6 Å². The fraction of sp³-hybridized carbons (Fsp3) is 0.609. The number of carbonyl (C=O) groups is 3. The number of piperidine rings is 1. The Kier molecular flexibility index (Phi) is 8.29. The molecular formula is C23H35N3O6S. The molecule has 1 saturated heterocycles. The molecule has 33 heavy (non-hydrogen) atoms. The fourth-order valence-corrected chi connectivity index (χ4v) is 5.83. The van der Waals surface area contributed by atoms with Crippen molar-refractivity contribution >= 4 is 27.9 Å². The number of imide groups is 1. The first-order chi connectivity index (χ1) is 15.1. The van der Waals surface area contributed by atoms with E-state index in [1.165, 1.54) is 11.2 Å². The number of esters is 1. The highest BCUT2D eigenvalue weighted by Gasteiger charge is 2.35. The number of nitrogens with zero attached hydrogens (tertiary/aromatic N) is 1. The average Bonchev–Trinajstić information content (AvgIpc) is 2.65. The SMILES string of the molecule is Cc1cc(C)c(S(=O)(=O)N2CCC(C(=O)OC(C)C(=O)NC(=O)NC(C)(C)C)CC2)c(C)c1. The van der Waals surface area contributed by atoms with Crippen LogP contribution in [0.25, 0.3) is 0 Å². The normalized spacial score (nSPS) is 16.7. The number of rotatable bonds is 5. The van der Waals surface area contributed by atoms with E-state index in [1.807, 2.05) is 19.1 Å². The Morgan fingerprint density at radius 2 is 1.58 bits per heavy atom. The minimum Gasteiger partial charge on any atom is -0.452 e. The standard InChI is InChI=1S/C23H35N3O6S/c1-14-12-15(2)19(16(3)13-14)33(30,31)26-10-8-18(9-11-26)21(28)32-17(4)20(27)24-22(29)25-23(5,6)7/h12-13,17-18H,8-11H2,1-7H3,(H2,24,25,27,29). The second-order valence-electron chi connectivity index (χ2n) is 9.68. The first kappa shape index (κ1) is 26.8. The molecule has 1 aromatic rings. The Morgan fingerprint density at radius 1 is 1.06 bits per heavy atom. The maximum Gasteiger partial charge on any atom is 0.321 e. The van der Waals surface area contributed by atoms with Crippen molar-refractivity contribution in [3.8, 4) is 0 Å². The lowest BCUT2D eigenvalue weighted by molar-refractivity contribution is -0.159. The van der Waals surface area contributed by atoms with Gasteiger partial charge in [0, 0.05) is 18.6 Å². The third-order valence-electron chi connectivity index (χ3n) is 5.38. The number of amides is 3. The highest BCUT2D eigenvalue weighted by atomic mass is 32.2. The van der Waals surface area contributed by atoms with Crippen LogP contribution in [-0.2, 0) is 24.3 Å². The van der Waals surface area contributed by atoms with Crippen molar-refractivity contribution in [2.24, 2.45) is 5.92 Å². The minimum absolute atomic E-state index is 0.184. The van der Waals surface area contributed by atoms with Gasteiger partial charge in [-0.25, -0.2) is 13.2 Å². The van der Waals surface area contributed by atoms with Gasteiger partial charge in [-0.1, -0.05) is 17.7 Å². The Bertz CT molecular complexity index is 998. The molecule has 1 heterocycles. The van der Waals surface area contributed by atoms with Crippen LogP contribution < -0.4 is 10.6 Å². The Morgan fingerprint density at radius 3 is 2.06 bits per heavy atom. The van der Waals surface area contributed by atoms with Gasteiger partial charge in [0.15, 0.2) is 6.10 Å². The van der Waals surface area contributed by atoms with E-state index in [9.17, 15) is 22.8 Å². The number of ether oxygens (including phenoxy) is 1. The van der Waals surface area contributed by atoms with Crippen LogP contribution in [0.15, 0.2) is 17.0 Å². The van der Waals surface area contributed by atoms with Gasteiger partial charge in [0.05, 0.1) is 10.8 Å². The van der Waals surface area contributed by atoms with E-state index in [-0.39, 0.29) is 13.1 Å². The van der Waals surface area contributed by atoms with Crippen molar-refractivity contribution in [3.63, 3.8) is 0 Å². The third kappa shape index (κ3) is 7.01. The number of aryl methyl sites for hydroxylation is 3. The van der Waals surface area contributed by atoms with E-state index in [4.69, 9.17) is 4.74 Å². The molecule has 2 rings (SSSR count). The molecule has 0 saturated carbocycles. The zero-order valence-corrected chi connectivity index (χ0v) is 21.3. The minimum atomic E-state index is -3.68. The van der Waals surface area contributed by atoms with Crippen molar-refractivity contribution in [1.29, 1.82) is 0 Å². The van der Waals surface area contributed by atoms with Gasteiger partial charge in [-0.2, -0.15) is 4.31 Å². The summed E-state index contributed by atoms with van der Waals surface area (Å²) < 4.78 is 33.0. The molecule has 3 amide bonds. The van der Waals surface area contributed by atoms with E-state index < -0.39 is 45.5 Å². The van der Waals surface area contributed by atoms with Gasteiger partial charge in [-0.3, -0.25) is 14.9 Å². The number of hydrogen-bond acceptors (Lipinski definition) is 6.